The Balaban J connectivity index is 2.01. The SMILES string of the molecule is CCC(NC(=O)N1CCc2ccccc2C1)C(=O)O. The van der Waals surface area contributed by atoms with Crippen molar-refractivity contribution in [3.8, 4) is 0 Å². The van der Waals surface area contributed by atoms with Crippen LogP contribution >= 0.6 is 0 Å². The highest BCUT2D eigenvalue weighted by molar-refractivity contribution is 5.82. The minimum Gasteiger partial charge on any atom is -0.480 e. The van der Waals surface area contributed by atoms with Gasteiger partial charge in [0.05, 0.1) is 0 Å². The molecule has 2 N–H and O–H groups in total. The van der Waals surface area contributed by atoms with Gasteiger partial charge in [-0.3, -0.25) is 0 Å². The standard InChI is InChI=1S/C14H18N2O3/c1-2-12(13(17)18)15-14(19)16-8-7-10-5-3-4-6-11(10)9-16/h3-6,12H,2,7-9H2,1H3,(H,15,19)(H,17,18). The number of aliphatic carboxylic acids is 1. The smallest absolute Gasteiger partial charge is 0.326 e. The minimum atomic E-state index is -0.992. The van der Waals surface area contributed by atoms with Crippen molar-refractivity contribution >= 4 is 12.0 Å². The zero-order valence-electron chi connectivity index (χ0n) is 10.9. The molecule has 5 heteroatoms. The van der Waals surface area contributed by atoms with Crippen LogP contribution in [-0.4, -0.2) is 34.6 Å². The molecule has 0 aliphatic carbocycles. The van der Waals surface area contributed by atoms with E-state index in [-0.39, 0.29) is 6.03 Å². The molecule has 1 aromatic carbocycles. The zero-order valence-corrected chi connectivity index (χ0v) is 10.9. The van der Waals surface area contributed by atoms with Gasteiger partial charge in [0.25, 0.3) is 0 Å². The largest absolute Gasteiger partial charge is 0.480 e. The Morgan fingerprint density at radius 2 is 2.05 bits per heavy atom. The molecular weight excluding hydrogens is 244 g/mol. The second kappa shape index (κ2) is 5.73. The van der Waals surface area contributed by atoms with Crippen LogP contribution in [0.15, 0.2) is 24.3 Å². The fourth-order valence-electron chi connectivity index (χ4n) is 2.25. The number of amides is 2. The molecule has 0 fully saturated rings. The van der Waals surface area contributed by atoms with E-state index in [2.05, 4.69) is 11.4 Å². The summed E-state index contributed by atoms with van der Waals surface area (Å²) in [7, 11) is 0. The van der Waals surface area contributed by atoms with E-state index in [0.29, 0.717) is 19.5 Å². The van der Waals surface area contributed by atoms with Crippen molar-refractivity contribution in [1.29, 1.82) is 0 Å². The van der Waals surface area contributed by atoms with Crippen molar-refractivity contribution in [2.45, 2.75) is 32.4 Å². The van der Waals surface area contributed by atoms with Crippen LogP contribution in [0, 0.1) is 0 Å². The number of carbonyl (C=O) groups is 2. The van der Waals surface area contributed by atoms with Crippen LogP contribution < -0.4 is 5.32 Å². The lowest BCUT2D eigenvalue weighted by atomic mass is 10.0. The maximum absolute atomic E-state index is 12.0. The predicted octanol–water partition coefficient (Wildman–Crippen LogP) is 1.62. The number of nitrogens with one attached hydrogen (secondary N) is 1. The fraction of sp³-hybridized carbons (Fsp3) is 0.429. The number of carbonyl (C=O) groups excluding carboxylic acids is 1. The van der Waals surface area contributed by atoms with Gasteiger partial charge in [-0.15, -0.1) is 0 Å². The van der Waals surface area contributed by atoms with Crippen molar-refractivity contribution in [1.82, 2.24) is 10.2 Å². The van der Waals surface area contributed by atoms with Gasteiger partial charge in [-0.05, 0) is 24.0 Å². The highest BCUT2D eigenvalue weighted by Crippen LogP contribution is 2.18. The Labute approximate surface area is 112 Å². The quantitative estimate of drug-likeness (QED) is 0.869. The molecule has 0 saturated heterocycles. The first kappa shape index (κ1) is 13.4. The molecule has 2 amide bonds. The Bertz CT molecular complexity index is 487. The molecule has 1 aliphatic rings. The van der Waals surface area contributed by atoms with E-state index in [9.17, 15) is 9.59 Å². The van der Waals surface area contributed by atoms with E-state index in [1.165, 1.54) is 5.56 Å². The summed E-state index contributed by atoms with van der Waals surface area (Å²) in [5.74, 6) is -0.992. The van der Waals surface area contributed by atoms with E-state index in [4.69, 9.17) is 5.11 Å². The third-order valence-corrected chi connectivity index (χ3v) is 3.42. The third-order valence-electron chi connectivity index (χ3n) is 3.42. The van der Waals surface area contributed by atoms with Crippen LogP contribution in [0.25, 0.3) is 0 Å². The summed E-state index contributed by atoms with van der Waals surface area (Å²) >= 11 is 0. The molecule has 5 nitrogen and oxygen atoms in total. The highest BCUT2D eigenvalue weighted by Gasteiger charge is 2.24. The monoisotopic (exact) mass is 262 g/mol. The summed E-state index contributed by atoms with van der Waals surface area (Å²) in [6.45, 7) is 2.90. The molecule has 1 aromatic rings. The molecule has 0 radical (unpaired) electrons. The molecular formula is C14H18N2O3. The lowest BCUT2D eigenvalue weighted by Gasteiger charge is -2.29. The van der Waals surface area contributed by atoms with Crippen molar-refractivity contribution in [3.63, 3.8) is 0 Å². The fourth-order valence-corrected chi connectivity index (χ4v) is 2.25. The van der Waals surface area contributed by atoms with Gasteiger partial charge in [-0.2, -0.15) is 0 Å². The maximum atomic E-state index is 12.0. The molecule has 1 heterocycles. The van der Waals surface area contributed by atoms with Crippen LogP contribution in [0.2, 0.25) is 0 Å². The second-order valence-electron chi connectivity index (χ2n) is 4.69. The van der Waals surface area contributed by atoms with Gasteiger partial charge < -0.3 is 15.3 Å². The zero-order chi connectivity index (χ0) is 13.8. The molecule has 0 aromatic heterocycles. The summed E-state index contributed by atoms with van der Waals surface area (Å²) < 4.78 is 0. The van der Waals surface area contributed by atoms with Crippen molar-refractivity contribution in [2.24, 2.45) is 0 Å². The minimum absolute atomic E-state index is 0.302. The number of carboxylic acids is 1. The molecule has 2 rings (SSSR count). The summed E-state index contributed by atoms with van der Waals surface area (Å²) in [4.78, 5) is 24.6. The Kier molecular flexibility index (Phi) is 4.04. The number of nitrogens with zero attached hydrogens (tertiary/aromatic N) is 1. The lowest BCUT2D eigenvalue weighted by Crippen LogP contribution is -2.49. The normalized spacial score (nSPS) is 15.5. The van der Waals surface area contributed by atoms with Gasteiger partial charge in [0.15, 0.2) is 0 Å². The molecule has 1 aliphatic heterocycles. The van der Waals surface area contributed by atoms with Crippen molar-refractivity contribution < 1.29 is 14.7 Å². The van der Waals surface area contributed by atoms with Gasteiger partial charge in [-0.25, -0.2) is 9.59 Å². The van der Waals surface area contributed by atoms with E-state index in [0.717, 1.165) is 12.0 Å². The van der Waals surface area contributed by atoms with E-state index >= 15 is 0 Å². The van der Waals surface area contributed by atoms with Gasteiger partial charge >= 0.3 is 12.0 Å². The molecule has 1 atom stereocenters. The highest BCUT2D eigenvalue weighted by atomic mass is 16.4. The van der Waals surface area contributed by atoms with Crippen LogP contribution in [-0.2, 0) is 17.8 Å². The Hall–Kier alpha value is -2.04. The first-order valence-electron chi connectivity index (χ1n) is 6.47. The van der Waals surface area contributed by atoms with E-state index in [1.54, 1.807) is 11.8 Å². The van der Waals surface area contributed by atoms with Gasteiger partial charge in [0.2, 0.25) is 0 Å². The number of hydrogen-bond acceptors (Lipinski definition) is 2. The summed E-state index contributed by atoms with van der Waals surface area (Å²) in [5.41, 5.74) is 2.39. The van der Waals surface area contributed by atoms with Crippen LogP contribution in [0.3, 0.4) is 0 Å². The molecule has 1 unspecified atom stereocenters. The summed E-state index contributed by atoms with van der Waals surface area (Å²) in [5, 5.41) is 11.5. The van der Waals surface area contributed by atoms with Gasteiger partial charge in [0.1, 0.15) is 6.04 Å². The molecule has 0 spiro atoms. The first-order valence-corrected chi connectivity index (χ1v) is 6.47. The number of rotatable bonds is 3. The number of urea groups is 1. The van der Waals surface area contributed by atoms with E-state index in [1.807, 2.05) is 18.2 Å². The number of hydrogen-bond donors (Lipinski definition) is 2. The van der Waals surface area contributed by atoms with E-state index < -0.39 is 12.0 Å². The van der Waals surface area contributed by atoms with Crippen LogP contribution in [0.4, 0.5) is 4.79 Å². The number of carboxylic acid groups (broad SMARTS) is 1. The molecule has 0 saturated carbocycles. The van der Waals surface area contributed by atoms with Crippen LogP contribution in [0.1, 0.15) is 24.5 Å². The summed E-state index contributed by atoms with van der Waals surface area (Å²) in [6.07, 6.45) is 1.19. The predicted molar refractivity (Wildman–Crippen MR) is 70.8 cm³/mol. The average Bonchev–Trinajstić information content (AvgIpc) is 2.43. The average molecular weight is 262 g/mol. The molecule has 102 valence electrons. The Morgan fingerprint density at radius 3 is 2.68 bits per heavy atom. The number of fused-ring (bicyclic) bond motifs is 1. The summed E-state index contributed by atoms with van der Waals surface area (Å²) in [6, 6.07) is 6.90. The van der Waals surface area contributed by atoms with Crippen molar-refractivity contribution in [2.75, 3.05) is 6.54 Å². The topological polar surface area (TPSA) is 69.6 Å². The third kappa shape index (κ3) is 3.05. The van der Waals surface area contributed by atoms with Gasteiger partial charge in [0, 0.05) is 13.1 Å². The Morgan fingerprint density at radius 1 is 1.37 bits per heavy atom. The maximum Gasteiger partial charge on any atom is 0.326 e. The first-order chi connectivity index (χ1) is 9.11. The number of benzene rings is 1. The van der Waals surface area contributed by atoms with Crippen LogP contribution in [0.5, 0.6) is 0 Å². The lowest BCUT2D eigenvalue weighted by molar-refractivity contribution is -0.139. The van der Waals surface area contributed by atoms with Crippen molar-refractivity contribution in [3.05, 3.63) is 35.4 Å². The second-order valence-corrected chi connectivity index (χ2v) is 4.69. The molecule has 0 bridgehead atoms. The molecule has 19 heavy (non-hydrogen) atoms. The van der Waals surface area contributed by atoms with Gasteiger partial charge in [-0.1, -0.05) is 31.2 Å².